The third-order valence-electron chi connectivity index (χ3n) is 3.59. The van der Waals surface area contributed by atoms with Crippen molar-refractivity contribution in [3.8, 4) is 0 Å². The molecule has 0 radical (unpaired) electrons. The Kier molecular flexibility index (Phi) is 5.64. The first-order valence-corrected chi connectivity index (χ1v) is 8.01. The van der Waals surface area contributed by atoms with Crippen LogP contribution in [0.4, 0.5) is 8.78 Å². The molecule has 19 heavy (non-hydrogen) atoms. The van der Waals surface area contributed by atoms with Gasteiger partial charge in [0.25, 0.3) is 0 Å². The van der Waals surface area contributed by atoms with Crippen LogP contribution in [0.3, 0.4) is 0 Å². The average Bonchev–Trinajstić information content (AvgIpc) is 2.42. The molecule has 0 bridgehead atoms. The van der Waals surface area contributed by atoms with Gasteiger partial charge in [-0.05, 0) is 43.0 Å². The van der Waals surface area contributed by atoms with E-state index in [1.165, 1.54) is 44.2 Å². The number of benzene rings is 1. The maximum absolute atomic E-state index is 13.5. The second-order valence-electron chi connectivity index (χ2n) is 5.29. The summed E-state index contributed by atoms with van der Waals surface area (Å²) in [6.07, 6.45) is 6.91. The Balaban J connectivity index is 1.80. The number of thioether (sulfide) groups is 1. The number of rotatable bonds is 5. The predicted molar refractivity (Wildman–Crippen MR) is 77.4 cm³/mol. The van der Waals surface area contributed by atoms with Gasteiger partial charge >= 0.3 is 0 Å². The molecule has 0 aromatic heterocycles. The van der Waals surface area contributed by atoms with Gasteiger partial charge < -0.3 is 5.73 Å². The molecule has 1 saturated carbocycles. The third kappa shape index (κ3) is 4.77. The van der Waals surface area contributed by atoms with Gasteiger partial charge in [-0.2, -0.15) is 11.8 Å². The molecule has 1 aromatic rings. The van der Waals surface area contributed by atoms with E-state index in [-0.39, 0.29) is 11.9 Å². The second-order valence-corrected chi connectivity index (χ2v) is 6.63. The summed E-state index contributed by atoms with van der Waals surface area (Å²) in [5.41, 5.74) is 6.42. The minimum Gasteiger partial charge on any atom is -0.327 e. The highest BCUT2D eigenvalue weighted by molar-refractivity contribution is 7.99. The van der Waals surface area contributed by atoms with Crippen molar-refractivity contribution < 1.29 is 8.78 Å². The molecule has 1 fully saturated rings. The molecule has 1 aliphatic rings. The van der Waals surface area contributed by atoms with E-state index in [1.807, 2.05) is 11.8 Å². The first kappa shape index (κ1) is 14.8. The van der Waals surface area contributed by atoms with Gasteiger partial charge in [0, 0.05) is 17.0 Å². The van der Waals surface area contributed by atoms with Crippen LogP contribution in [0.2, 0.25) is 0 Å². The fourth-order valence-corrected chi connectivity index (χ4v) is 3.84. The molecule has 1 aromatic carbocycles. The van der Waals surface area contributed by atoms with Gasteiger partial charge in [0.15, 0.2) is 0 Å². The molecule has 106 valence electrons. The van der Waals surface area contributed by atoms with Crippen molar-refractivity contribution in [2.24, 2.45) is 5.73 Å². The molecule has 1 unspecified atom stereocenters. The minimum absolute atomic E-state index is 0.108. The molecule has 4 heteroatoms. The Morgan fingerprint density at radius 2 is 1.95 bits per heavy atom. The van der Waals surface area contributed by atoms with Crippen LogP contribution in [0.15, 0.2) is 18.2 Å². The van der Waals surface area contributed by atoms with Crippen LogP contribution in [0.5, 0.6) is 0 Å². The SMILES string of the molecule is NC(CSC1CCCCC1)Cc1cc(F)ccc1F. The van der Waals surface area contributed by atoms with Gasteiger partial charge in [-0.1, -0.05) is 19.3 Å². The van der Waals surface area contributed by atoms with E-state index in [0.29, 0.717) is 17.2 Å². The van der Waals surface area contributed by atoms with Crippen molar-refractivity contribution in [2.75, 3.05) is 5.75 Å². The van der Waals surface area contributed by atoms with E-state index in [4.69, 9.17) is 5.73 Å². The molecule has 2 N–H and O–H groups in total. The molecule has 1 aliphatic carbocycles. The Hall–Kier alpha value is -0.610. The lowest BCUT2D eigenvalue weighted by atomic mass is 10.0. The predicted octanol–water partition coefficient (Wildman–Crippen LogP) is 3.90. The summed E-state index contributed by atoms with van der Waals surface area (Å²) < 4.78 is 26.6. The first-order chi connectivity index (χ1) is 9.15. The summed E-state index contributed by atoms with van der Waals surface area (Å²) >= 11 is 1.89. The van der Waals surface area contributed by atoms with Crippen LogP contribution in [0.1, 0.15) is 37.7 Å². The Morgan fingerprint density at radius 3 is 2.68 bits per heavy atom. The number of halogens is 2. The molecule has 2 rings (SSSR count). The Morgan fingerprint density at radius 1 is 1.21 bits per heavy atom. The topological polar surface area (TPSA) is 26.0 Å². The molecule has 1 atom stereocenters. The van der Waals surface area contributed by atoms with Crippen LogP contribution in [-0.2, 0) is 6.42 Å². The van der Waals surface area contributed by atoms with Crippen molar-refractivity contribution in [1.82, 2.24) is 0 Å². The molecule has 0 amide bonds. The summed E-state index contributed by atoms with van der Waals surface area (Å²) in [7, 11) is 0. The minimum atomic E-state index is -0.400. The second kappa shape index (κ2) is 7.25. The highest BCUT2D eigenvalue weighted by atomic mass is 32.2. The molecule has 0 aliphatic heterocycles. The summed E-state index contributed by atoms with van der Waals surface area (Å²) in [6, 6.07) is 3.45. The van der Waals surface area contributed by atoms with Crippen LogP contribution >= 0.6 is 11.8 Å². The summed E-state index contributed by atoms with van der Waals surface area (Å²) in [4.78, 5) is 0. The Labute approximate surface area is 118 Å². The summed E-state index contributed by atoms with van der Waals surface area (Å²) in [5, 5.41) is 0.706. The average molecular weight is 285 g/mol. The Bertz CT molecular complexity index is 405. The summed E-state index contributed by atoms with van der Waals surface area (Å²) in [6.45, 7) is 0. The zero-order chi connectivity index (χ0) is 13.7. The van der Waals surface area contributed by atoms with E-state index in [0.717, 1.165) is 11.8 Å². The van der Waals surface area contributed by atoms with Gasteiger partial charge in [-0.15, -0.1) is 0 Å². The molecular formula is C15H21F2NS. The van der Waals surface area contributed by atoms with Gasteiger partial charge in [-0.3, -0.25) is 0 Å². The molecule has 0 heterocycles. The van der Waals surface area contributed by atoms with E-state index >= 15 is 0 Å². The zero-order valence-electron chi connectivity index (χ0n) is 11.1. The maximum Gasteiger partial charge on any atom is 0.126 e. The lowest BCUT2D eigenvalue weighted by Gasteiger charge is -2.22. The highest BCUT2D eigenvalue weighted by Crippen LogP contribution is 2.28. The van der Waals surface area contributed by atoms with Gasteiger partial charge in [-0.25, -0.2) is 8.78 Å². The third-order valence-corrected chi connectivity index (χ3v) is 5.15. The van der Waals surface area contributed by atoms with Crippen molar-refractivity contribution in [2.45, 2.75) is 49.8 Å². The fraction of sp³-hybridized carbons (Fsp3) is 0.600. The van der Waals surface area contributed by atoms with E-state index in [1.54, 1.807) is 0 Å². The monoisotopic (exact) mass is 285 g/mol. The van der Waals surface area contributed by atoms with E-state index in [9.17, 15) is 8.78 Å². The lowest BCUT2D eigenvalue weighted by molar-refractivity contribution is 0.515. The number of hydrogen-bond donors (Lipinski definition) is 1. The normalized spacial score (nSPS) is 18.5. The molecular weight excluding hydrogens is 264 g/mol. The van der Waals surface area contributed by atoms with Crippen LogP contribution in [0, 0.1) is 11.6 Å². The zero-order valence-corrected chi connectivity index (χ0v) is 11.9. The lowest BCUT2D eigenvalue weighted by Crippen LogP contribution is -2.27. The quantitative estimate of drug-likeness (QED) is 0.888. The van der Waals surface area contributed by atoms with Crippen molar-refractivity contribution in [3.63, 3.8) is 0 Å². The molecule has 1 nitrogen and oxygen atoms in total. The maximum atomic E-state index is 13.5. The summed E-state index contributed by atoms with van der Waals surface area (Å²) in [5.74, 6) is 0.0590. The first-order valence-electron chi connectivity index (χ1n) is 6.96. The standard InChI is InChI=1S/C15H21F2NS/c16-12-6-7-15(17)11(8-12)9-13(18)10-19-14-4-2-1-3-5-14/h6-8,13-14H,1-5,9-10,18H2. The van der Waals surface area contributed by atoms with Crippen LogP contribution in [-0.4, -0.2) is 17.0 Å². The van der Waals surface area contributed by atoms with Gasteiger partial charge in [0.2, 0.25) is 0 Å². The smallest absolute Gasteiger partial charge is 0.126 e. The number of hydrogen-bond acceptors (Lipinski definition) is 2. The van der Waals surface area contributed by atoms with Crippen LogP contribution in [0.25, 0.3) is 0 Å². The fourth-order valence-electron chi connectivity index (χ4n) is 2.53. The molecule has 0 saturated heterocycles. The van der Waals surface area contributed by atoms with Crippen LogP contribution < -0.4 is 5.73 Å². The van der Waals surface area contributed by atoms with Crippen molar-refractivity contribution >= 4 is 11.8 Å². The highest BCUT2D eigenvalue weighted by Gasteiger charge is 2.16. The van der Waals surface area contributed by atoms with Gasteiger partial charge in [0.05, 0.1) is 0 Å². The van der Waals surface area contributed by atoms with Gasteiger partial charge in [0.1, 0.15) is 11.6 Å². The van der Waals surface area contributed by atoms with Crippen molar-refractivity contribution in [1.29, 1.82) is 0 Å². The largest absolute Gasteiger partial charge is 0.327 e. The van der Waals surface area contributed by atoms with E-state index < -0.39 is 5.82 Å². The van der Waals surface area contributed by atoms with Crippen molar-refractivity contribution in [3.05, 3.63) is 35.4 Å². The molecule has 0 spiro atoms. The van der Waals surface area contributed by atoms with E-state index in [2.05, 4.69) is 0 Å². The number of nitrogens with two attached hydrogens (primary N) is 1.